The van der Waals surface area contributed by atoms with E-state index in [-0.39, 0.29) is 6.16 Å². The summed E-state index contributed by atoms with van der Waals surface area (Å²) < 4.78 is 25.2. The van der Waals surface area contributed by atoms with Gasteiger partial charge in [-0.25, -0.2) is 4.57 Å². The van der Waals surface area contributed by atoms with Crippen molar-refractivity contribution < 1.29 is 13.6 Å². The second kappa shape index (κ2) is 8.35. The van der Waals surface area contributed by atoms with Gasteiger partial charge in [0.2, 0.25) is 0 Å². The van der Waals surface area contributed by atoms with Gasteiger partial charge in [0.1, 0.15) is 5.75 Å². The largest absolute Gasteiger partial charge is 0.423 e. The van der Waals surface area contributed by atoms with Gasteiger partial charge >= 0.3 is 7.60 Å². The van der Waals surface area contributed by atoms with Crippen LogP contribution in [0.15, 0.2) is 78.9 Å². The molecule has 0 saturated carbocycles. The number of hydrogen-bond acceptors (Lipinski definition) is 3. The molecule has 1 atom stereocenters. The molecule has 0 N–H and O–H groups in total. The lowest BCUT2D eigenvalue weighted by atomic mass is 10.0. The molecule has 3 rings (SSSR count). The molecule has 0 fully saturated rings. The van der Waals surface area contributed by atoms with Gasteiger partial charge in [-0.05, 0) is 30.5 Å². The van der Waals surface area contributed by atoms with Gasteiger partial charge in [0.15, 0.2) is 0 Å². The van der Waals surface area contributed by atoms with E-state index in [1.54, 1.807) is 0 Å². The molecule has 26 heavy (non-hydrogen) atoms. The molecule has 3 aromatic carbocycles. The number of para-hydroxylation sites is 1. The highest BCUT2D eigenvalue weighted by Gasteiger charge is 2.28. The first-order chi connectivity index (χ1) is 12.6. The zero-order valence-corrected chi connectivity index (χ0v) is 16.0. The summed E-state index contributed by atoms with van der Waals surface area (Å²) in [5.41, 5.74) is 3.80. The highest BCUT2D eigenvalue weighted by molar-refractivity contribution is 7.53. The first kappa shape index (κ1) is 18.4. The number of hydrogen-bond donors (Lipinski definition) is 0. The van der Waals surface area contributed by atoms with Crippen LogP contribution in [0.5, 0.6) is 5.75 Å². The minimum Gasteiger partial charge on any atom is -0.423 e. The summed E-state index contributed by atoms with van der Waals surface area (Å²) in [6, 6.07) is 25.5. The van der Waals surface area contributed by atoms with Gasteiger partial charge in [0, 0.05) is 5.56 Å². The fraction of sp³-hybridized carbons (Fsp3) is 0.182. The summed E-state index contributed by atoms with van der Waals surface area (Å²) >= 11 is 0. The van der Waals surface area contributed by atoms with Crippen LogP contribution in [0.3, 0.4) is 0 Å². The Morgan fingerprint density at radius 1 is 0.846 bits per heavy atom. The van der Waals surface area contributed by atoms with E-state index in [1.807, 2.05) is 92.7 Å². The molecule has 3 aromatic rings. The smallest absolute Gasteiger partial charge is 0.383 e. The van der Waals surface area contributed by atoms with Crippen LogP contribution < -0.4 is 4.52 Å². The molecule has 0 radical (unpaired) electrons. The molecular formula is C22H23O3P. The molecule has 4 heteroatoms. The van der Waals surface area contributed by atoms with Crippen LogP contribution >= 0.6 is 7.60 Å². The van der Waals surface area contributed by atoms with E-state index in [0.717, 1.165) is 22.3 Å². The topological polar surface area (TPSA) is 35.5 Å². The van der Waals surface area contributed by atoms with Gasteiger partial charge in [-0.1, -0.05) is 78.9 Å². The van der Waals surface area contributed by atoms with Crippen molar-refractivity contribution in [1.82, 2.24) is 0 Å². The fourth-order valence-corrected chi connectivity index (χ4v) is 4.65. The Labute approximate surface area is 155 Å². The van der Waals surface area contributed by atoms with Crippen LogP contribution in [-0.4, -0.2) is 6.61 Å². The molecule has 0 aliphatic carbocycles. The van der Waals surface area contributed by atoms with E-state index in [4.69, 9.17) is 9.05 Å². The average Bonchev–Trinajstić information content (AvgIpc) is 2.65. The zero-order valence-electron chi connectivity index (χ0n) is 15.1. The van der Waals surface area contributed by atoms with Crippen molar-refractivity contribution >= 4 is 7.60 Å². The molecule has 0 spiro atoms. The number of benzene rings is 3. The van der Waals surface area contributed by atoms with Crippen molar-refractivity contribution in [3.63, 3.8) is 0 Å². The SMILES string of the molecule is CCOP(=O)(Cc1ccccc1)Oc1c(C)cccc1-c1ccccc1. The second-order valence-corrected chi connectivity index (χ2v) is 8.06. The van der Waals surface area contributed by atoms with E-state index < -0.39 is 7.60 Å². The van der Waals surface area contributed by atoms with Crippen molar-refractivity contribution in [1.29, 1.82) is 0 Å². The number of aryl methyl sites for hydroxylation is 1. The van der Waals surface area contributed by atoms with Crippen LogP contribution in [0.1, 0.15) is 18.1 Å². The van der Waals surface area contributed by atoms with E-state index in [2.05, 4.69) is 0 Å². The first-order valence-corrected chi connectivity index (χ1v) is 10.5. The standard InChI is InChI=1S/C22H23O3P/c1-3-24-26(23,17-19-12-6-4-7-13-19)25-22-18(2)11-10-16-21(22)20-14-8-5-9-15-20/h4-16H,3,17H2,1-2H3. The van der Waals surface area contributed by atoms with E-state index >= 15 is 0 Å². The lowest BCUT2D eigenvalue weighted by Gasteiger charge is -2.22. The Bertz CT molecular complexity index is 892. The maximum atomic E-state index is 13.4. The van der Waals surface area contributed by atoms with Crippen molar-refractivity contribution in [2.24, 2.45) is 0 Å². The van der Waals surface area contributed by atoms with Crippen LogP contribution in [0.25, 0.3) is 11.1 Å². The van der Waals surface area contributed by atoms with Crippen LogP contribution in [0, 0.1) is 6.92 Å². The Kier molecular flexibility index (Phi) is 5.92. The van der Waals surface area contributed by atoms with Crippen LogP contribution in [0.2, 0.25) is 0 Å². The highest BCUT2D eigenvalue weighted by Crippen LogP contribution is 2.53. The first-order valence-electron chi connectivity index (χ1n) is 8.73. The summed E-state index contributed by atoms with van der Waals surface area (Å²) in [6.07, 6.45) is 0.240. The van der Waals surface area contributed by atoms with Crippen molar-refractivity contribution in [2.45, 2.75) is 20.0 Å². The van der Waals surface area contributed by atoms with Crippen molar-refractivity contribution in [2.75, 3.05) is 6.61 Å². The number of rotatable bonds is 7. The Morgan fingerprint density at radius 2 is 1.50 bits per heavy atom. The van der Waals surface area contributed by atoms with E-state index in [1.165, 1.54) is 0 Å². The molecule has 0 saturated heterocycles. The van der Waals surface area contributed by atoms with Gasteiger partial charge in [-0.3, -0.25) is 4.52 Å². The third-order valence-corrected chi connectivity index (χ3v) is 5.94. The Hall–Kier alpha value is -2.35. The third kappa shape index (κ3) is 4.43. The lowest BCUT2D eigenvalue weighted by molar-refractivity contribution is 0.278. The van der Waals surface area contributed by atoms with Gasteiger partial charge < -0.3 is 4.52 Å². The van der Waals surface area contributed by atoms with Gasteiger partial charge in [-0.2, -0.15) is 0 Å². The van der Waals surface area contributed by atoms with Crippen molar-refractivity contribution in [3.05, 3.63) is 90.0 Å². The molecule has 0 aromatic heterocycles. The van der Waals surface area contributed by atoms with Gasteiger partial charge in [-0.15, -0.1) is 0 Å². The Morgan fingerprint density at radius 3 is 2.15 bits per heavy atom. The van der Waals surface area contributed by atoms with Gasteiger partial charge in [0.25, 0.3) is 0 Å². The van der Waals surface area contributed by atoms with Crippen LogP contribution in [-0.2, 0) is 15.3 Å². The predicted molar refractivity (Wildman–Crippen MR) is 107 cm³/mol. The van der Waals surface area contributed by atoms with Crippen LogP contribution in [0.4, 0.5) is 0 Å². The summed E-state index contributed by atoms with van der Waals surface area (Å²) in [7, 11) is -3.34. The summed E-state index contributed by atoms with van der Waals surface area (Å²) in [4.78, 5) is 0. The predicted octanol–water partition coefficient (Wildman–Crippen LogP) is 6.47. The maximum absolute atomic E-state index is 13.4. The molecule has 134 valence electrons. The summed E-state index contributed by atoms with van der Waals surface area (Å²) in [6.45, 7) is 4.12. The molecule has 3 nitrogen and oxygen atoms in total. The molecule has 0 amide bonds. The minimum absolute atomic E-state index is 0.240. The quantitative estimate of drug-likeness (QED) is 0.450. The summed E-state index contributed by atoms with van der Waals surface area (Å²) in [5.74, 6) is 0.617. The minimum atomic E-state index is -3.34. The molecule has 0 aliphatic heterocycles. The normalized spacial score (nSPS) is 13.2. The molecular weight excluding hydrogens is 343 g/mol. The molecule has 0 bridgehead atoms. The second-order valence-electron chi connectivity index (χ2n) is 6.08. The summed E-state index contributed by atoms with van der Waals surface area (Å²) in [5, 5.41) is 0. The lowest BCUT2D eigenvalue weighted by Crippen LogP contribution is -2.03. The monoisotopic (exact) mass is 366 g/mol. The molecule has 1 unspecified atom stereocenters. The highest BCUT2D eigenvalue weighted by atomic mass is 31.2. The maximum Gasteiger partial charge on any atom is 0.383 e. The van der Waals surface area contributed by atoms with E-state index in [9.17, 15) is 4.57 Å². The zero-order chi connectivity index (χ0) is 18.4. The van der Waals surface area contributed by atoms with Crippen molar-refractivity contribution in [3.8, 4) is 16.9 Å². The average molecular weight is 366 g/mol. The third-order valence-electron chi connectivity index (χ3n) is 4.07. The molecule has 0 heterocycles. The van der Waals surface area contributed by atoms with Gasteiger partial charge in [0.05, 0.1) is 12.8 Å². The fourth-order valence-electron chi connectivity index (χ4n) is 2.87. The van der Waals surface area contributed by atoms with E-state index in [0.29, 0.717) is 12.4 Å². The Balaban J connectivity index is 1.98. The molecule has 0 aliphatic rings.